The lowest BCUT2D eigenvalue weighted by Gasteiger charge is -2.02. The first-order valence-corrected chi connectivity index (χ1v) is 7.01. The molecule has 8 heteroatoms. The minimum atomic E-state index is -1.00. The Morgan fingerprint density at radius 1 is 1.38 bits per heavy atom. The van der Waals surface area contributed by atoms with Gasteiger partial charge in [-0.1, -0.05) is 18.2 Å². The van der Waals surface area contributed by atoms with Gasteiger partial charge in [0.15, 0.2) is 0 Å². The summed E-state index contributed by atoms with van der Waals surface area (Å²) in [6.45, 7) is 0.384. The van der Waals surface area contributed by atoms with Gasteiger partial charge in [0, 0.05) is 29.9 Å². The zero-order chi connectivity index (χ0) is 17.4. The number of hydrogen-bond acceptors (Lipinski definition) is 6. The van der Waals surface area contributed by atoms with E-state index in [2.05, 4.69) is 15.0 Å². The number of nitrogens with zero attached hydrogens (tertiary/aromatic N) is 2. The van der Waals surface area contributed by atoms with Gasteiger partial charge >= 0.3 is 5.97 Å². The molecule has 2 aromatic heterocycles. The number of hydrogen-bond donors (Lipinski definition) is 3. The number of aromatic nitrogens is 3. The molecule has 0 aliphatic rings. The van der Waals surface area contributed by atoms with Gasteiger partial charge in [-0.15, -0.1) is 0 Å². The van der Waals surface area contributed by atoms with Gasteiger partial charge in [-0.2, -0.15) is 0 Å². The molecule has 8 nitrogen and oxygen atoms in total. The van der Waals surface area contributed by atoms with Crippen LogP contribution in [0.15, 0.2) is 49.1 Å². The highest BCUT2D eigenvalue weighted by Gasteiger charge is 2.12. The highest BCUT2D eigenvalue weighted by molar-refractivity contribution is 5.87. The summed E-state index contributed by atoms with van der Waals surface area (Å²) in [5.74, 6) is -0.646. The Morgan fingerprint density at radius 3 is 2.83 bits per heavy atom. The molecule has 0 bridgehead atoms. The normalized spacial score (nSPS) is 11.2. The van der Waals surface area contributed by atoms with E-state index in [1.54, 1.807) is 12.4 Å². The Balaban J connectivity index is 0.000000177. The number of carboxylic acids is 1. The maximum absolute atomic E-state index is 10.3. The van der Waals surface area contributed by atoms with Gasteiger partial charge in [0.25, 0.3) is 6.47 Å². The SMILES string of the molecule is N[C@@H](Cc1cnc[nH]1)C(=O)O.O=COc1nccc2ccccc12. The molecule has 4 N–H and O–H groups in total. The van der Waals surface area contributed by atoms with Crippen LogP contribution in [0.4, 0.5) is 0 Å². The first-order valence-electron chi connectivity index (χ1n) is 7.01. The number of imidazole rings is 1. The van der Waals surface area contributed by atoms with Crippen LogP contribution in [0, 0.1) is 0 Å². The van der Waals surface area contributed by atoms with Crippen molar-refractivity contribution in [1.29, 1.82) is 0 Å². The molecule has 1 aromatic carbocycles. The van der Waals surface area contributed by atoms with E-state index >= 15 is 0 Å². The lowest BCUT2D eigenvalue weighted by atomic mass is 10.2. The molecule has 0 radical (unpaired) electrons. The van der Waals surface area contributed by atoms with E-state index in [-0.39, 0.29) is 6.42 Å². The number of pyridine rings is 1. The van der Waals surface area contributed by atoms with Crippen molar-refractivity contribution in [3.05, 3.63) is 54.7 Å². The molecule has 124 valence electrons. The molecule has 0 fully saturated rings. The average molecular weight is 328 g/mol. The minimum Gasteiger partial charge on any atom is -0.480 e. The number of carboxylic acid groups (broad SMARTS) is 1. The Morgan fingerprint density at radius 2 is 2.17 bits per heavy atom. The summed E-state index contributed by atoms with van der Waals surface area (Å²) >= 11 is 0. The second kappa shape index (κ2) is 8.39. The van der Waals surface area contributed by atoms with Gasteiger partial charge in [0.1, 0.15) is 6.04 Å². The summed E-state index contributed by atoms with van der Waals surface area (Å²) in [6, 6.07) is 8.62. The molecule has 1 atom stereocenters. The predicted octanol–water partition coefficient (Wildman–Crippen LogP) is 1.13. The van der Waals surface area contributed by atoms with E-state index in [0.29, 0.717) is 12.4 Å². The van der Waals surface area contributed by atoms with Crippen LogP contribution in [0.1, 0.15) is 5.69 Å². The first-order chi connectivity index (χ1) is 11.6. The number of aromatic amines is 1. The molecule has 0 saturated heterocycles. The number of H-pyrrole nitrogens is 1. The summed E-state index contributed by atoms with van der Waals surface area (Å²) in [5.41, 5.74) is 6.00. The Labute approximate surface area is 137 Å². The van der Waals surface area contributed by atoms with Gasteiger partial charge in [-0.25, -0.2) is 9.97 Å². The van der Waals surface area contributed by atoms with Crippen LogP contribution in [-0.4, -0.2) is 38.5 Å². The van der Waals surface area contributed by atoms with Crippen molar-refractivity contribution in [1.82, 2.24) is 15.0 Å². The molecular weight excluding hydrogens is 312 g/mol. The fourth-order valence-electron chi connectivity index (χ4n) is 1.95. The maximum Gasteiger partial charge on any atom is 0.320 e. The maximum atomic E-state index is 10.3. The van der Waals surface area contributed by atoms with E-state index < -0.39 is 12.0 Å². The minimum absolute atomic E-state index is 0.287. The fourth-order valence-corrected chi connectivity index (χ4v) is 1.95. The number of benzene rings is 1. The third-order valence-corrected chi connectivity index (χ3v) is 3.11. The van der Waals surface area contributed by atoms with Crippen molar-refractivity contribution in [2.45, 2.75) is 12.5 Å². The van der Waals surface area contributed by atoms with Gasteiger partial charge in [0.05, 0.1) is 6.33 Å². The zero-order valence-corrected chi connectivity index (χ0v) is 12.6. The van der Waals surface area contributed by atoms with Crippen LogP contribution < -0.4 is 10.5 Å². The molecule has 2 heterocycles. The average Bonchev–Trinajstić information content (AvgIpc) is 3.09. The number of nitrogens with two attached hydrogens (primary N) is 1. The molecular formula is C16H16N4O4. The molecule has 0 aliphatic heterocycles. The Hall–Kier alpha value is -3.26. The van der Waals surface area contributed by atoms with Crippen LogP contribution in [0.2, 0.25) is 0 Å². The van der Waals surface area contributed by atoms with Crippen LogP contribution in [0.3, 0.4) is 0 Å². The van der Waals surface area contributed by atoms with Crippen LogP contribution in [0.5, 0.6) is 5.88 Å². The molecule has 0 aliphatic carbocycles. The van der Waals surface area contributed by atoms with Crippen molar-refractivity contribution in [3.8, 4) is 5.88 Å². The molecule has 3 rings (SSSR count). The molecule has 24 heavy (non-hydrogen) atoms. The monoisotopic (exact) mass is 328 g/mol. The van der Waals surface area contributed by atoms with Gasteiger partial charge in [-0.3, -0.25) is 9.59 Å². The summed E-state index contributed by atoms with van der Waals surface area (Å²) in [5, 5.41) is 10.3. The standard InChI is InChI=1S/C10H7NO2.C6H9N3O2/c12-7-13-10-9-4-2-1-3-8(9)5-6-11-10;7-5(6(10)11)1-4-2-8-3-9-4/h1-7H;2-3,5H,1,7H2,(H,8,9)(H,10,11)/t;5-/m.0/s1. The largest absolute Gasteiger partial charge is 0.480 e. The number of carbonyl (C=O) groups excluding carboxylic acids is 1. The highest BCUT2D eigenvalue weighted by Crippen LogP contribution is 2.21. The number of nitrogens with one attached hydrogen (secondary N) is 1. The quantitative estimate of drug-likeness (QED) is 0.598. The van der Waals surface area contributed by atoms with E-state index in [1.807, 2.05) is 30.3 Å². The highest BCUT2D eigenvalue weighted by atomic mass is 16.5. The molecule has 0 spiro atoms. The summed E-state index contributed by atoms with van der Waals surface area (Å²) in [7, 11) is 0. The van der Waals surface area contributed by atoms with Gasteiger partial charge in [-0.05, 0) is 17.5 Å². The second-order valence-electron chi connectivity index (χ2n) is 4.78. The first kappa shape index (κ1) is 17.1. The lowest BCUT2D eigenvalue weighted by molar-refractivity contribution is -0.138. The smallest absolute Gasteiger partial charge is 0.320 e. The van der Waals surface area contributed by atoms with E-state index in [1.165, 1.54) is 6.33 Å². The van der Waals surface area contributed by atoms with Gasteiger partial charge < -0.3 is 20.6 Å². The van der Waals surface area contributed by atoms with E-state index in [9.17, 15) is 9.59 Å². The van der Waals surface area contributed by atoms with Crippen molar-refractivity contribution >= 4 is 23.2 Å². The molecule has 0 unspecified atom stereocenters. The van der Waals surface area contributed by atoms with E-state index in [0.717, 1.165) is 16.5 Å². The Kier molecular flexibility index (Phi) is 5.98. The summed E-state index contributed by atoms with van der Waals surface area (Å²) in [4.78, 5) is 30.9. The van der Waals surface area contributed by atoms with Crippen molar-refractivity contribution in [2.75, 3.05) is 0 Å². The number of rotatable bonds is 5. The van der Waals surface area contributed by atoms with Crippen molar-refractivity contribution in [2.24, 2.45) is 5.73 Å². The summed E-state index contributed by atoms with van der Waals surface area (Å²) < 4.78 is 4.73. The second-order valence-corrected chi connectivity index (χ2v) is 4.78. The summed E-state index contributed by atoms with van der Waals surface area (Å²) in [6.07, 6.45) is 4.95. The van der Waals surface area contributed by atoms with E-state index in [4.69, 9.17) is 15.6 Å². The van der Waals surface area contributed by atoms with Crippen molar-refractivity contribution < 1.29 is 19.4 Å². The number of fused-ring (bicyclic) bond motifs is 1. The van der Waals surface area contributed by atoms with Crippen molar-refractivity contribution in [3.63, 3.8) is 0 Å². The third-order valence-electron chi connectivity index (χ3n) is 3.11. The van der Waals surface area contributed by atoms with Crippen LogP contribution in [0.25, 0.3) is 10.8 Å². The third kappa shape index (κ3) is 4.62. The lowest BCUT2D eigenvalue weighted by Crippen LogP contribution is -2.32. The molecule has 0 amide bonds. The Bertz CT molecular complexity index is 799. The topological polar surface area (TPSA) is 131 Å². The number of ether oxygens (including phenoxy) is 1. The van der Waals surface area contributed by atoms with Gasteiger partial charge in [0.2, 0.25) is 5.88 Å². The predicted molar refractivity (Wildman–Crippen MR) is 86.3 cm³/mol. The van der Waals surface area contributed by atoms with Crippen LogP contribution in [-0.2, 0) is 16.0 Å². The fraction of sp³-hybridized carbons (Fsp3) is 0.125. The zero-order valence-electron chi connectivity index (χ0n) is 12.6. The molecule has 3 aromatic rings. The van der Waals surface area contributed by atoms with Crippen LogP contribution >= 0.6 is 0 Å². The number of carbonyl (C=O) groups is 2. The number of aliphatic carboxylic acids is 1. The molecule has 0 saturated carbocycles.